The summed E-state index contributed by atoms with van der Waals surface area (Å²) < 4.78 is 31.2. The quantitative estimate of drug-likeness (QED) is 0.719. The largest absolute Gasteiger partial charge is 0.483 e. The van der Waals surface area contributed by atoms with Crippen LogP contribution >= 0.6 is 0 Å². The van der Waals surface area contributed by atoms with E-state index >= 15 is 0 Å². The first-order chi connectivity index (χ1) is 13.6. The minimum absolute atomic E-state index is 0.0338. The van der Waals surface area contributed by atoms with Crippen LogP contribution < -0.4 is 4.74 Å². The van der Waals surface area contributed by atoms with E-state index in [9.17, 15) is 13.2 Å². The van der Waals surface area contributed by atoms with Gasteiger partial charge in [0.25, 0.3) is 5.91 Å². The fourth-order valence-corrected chi connectivity index (χ4v) is 5.40. The van der Waals surface area contributed by atoms with E-state index in [4.69, 9.17) is 4.74 Å². The minimum atomic E-state index is -2.98. The molecule has 0 N–H and O–H groups in total. The SMILES string of the molecule is Cc1cccc(OCC(=O)N(C)Cc2c(C)nn([C@@H]3CCS(=O)(=O)C3)c2C)c1C. The number of hydrogen-bond donors (Lipinski definition) is 0. The fourth-order valence-electron chi connectivity index (χ4n) is 3.71. The van der Waals surface area contributed by atoms with Crippen molar-refractivity contribution in [2.75, 3.05) is 25.2 Å². The van der Waals surface area contributed by atoms with Gasteiger partial charge in [-0.1, -0.05) is 12.1 Å². The van der Waals surface area contributed by atoms with Gasteiger partial charge in [0.05, 0.1) is 23.2 Å². The summed E-state index contributed by atoms with van der Waals surface area (Å²) in [6.07, 6.45) is 0.586. The lowest BCUT2D eigenvalue weighted by Crippen LogP contribution is -2.31. The molecular weight excluding hydrogens is 390 g/mol. The van der Waals surface area contributed by atoms with Crippen LogP contribution in [-0.4, -0.2) is 54.2 Å². The van der Waals surface area contributed by atoms with Crippen molar-refractivity contribution < 1.29 is 17.9 Å². The monoisotopic (exact) mass is 419 g/mol. The summed E-state index contributed by atoms with van der Waals surface area (Å²) in [7, 11) is -1.24. The van der Waals surface area contributed by atoms with Gasteiger partial charge in [0.1, 0.15) is 5.75 Å². The van der Waals surface area contributed by atoms with Crippen molar-refractivity contribution in [1.82, 2.24) is 14.7 Å². The standard InChI is InChI=1S/C21H29N3O4S/c1-14-7-6-8-20(15(14)2)28-12-21(25)23(5)11-19-16(3)22-24(17(19)4)18-9-10-29(26,27)13-18/h6-8,18H,9-13H2,1-5H3/t18-/m1/s1. The Labute approximate surface area is 172 Å². The molecule has 2 heterocycles. The number of carbonyl (C=O) groups excluding carboxylic acids is 1. The van der Waals surface area contributed by atoms with Crippen LogP contribution in [-0.2, 0) is 21.2 Å². The second-order valence-corrected chi connectivity index (χ2v) is 10.1. The molecule has 1 aliphatic heterocycles. The van der Waals surface area contributed by atoms with Gasteiger partial charge in [-0.05, 0) is 51.3 Å². The molecule has 0 bridgehead atoms. The summed E-state index contributed by atoms with van der Waals surface area (Å²) in [6.45, 7) is 8.19. The van der Waals surface area contributed by atoms with Crippen LogP contribution in [0.2, 0.25) is 0 Å². The predicted octanol–water partition coefficient (Wildman–Crippen LogP) is 2.51. The first-order valence-electron chi connectivity index (χ1n) is 9.77. The van der Waals surface area contributed by atoms with Gasteiger partial charge in [-0.3, -0.25) is 9.48 Å². The number of benzene rings is 1. The summed E-state index contributed by atoms with van der Waals surface area (Å²) in [5.74, 6) is 0.932. The van der Waals surface area contributed by atoms with Gasteiger partial charge in [-0.15, -0.1) is 0 Å². The zero-order valence-corrected chi connectivity index (χ0v) is 18.5. The maximum absolute atomic E-state index is 12.6. The Kier molecular flexibility index (Phi) is 6.03. The third-order valence-corrected chi connectivity index (χ3v) is 7.51. The lowest BCUT2D eigenvalue weighted by atomic mass is 10.1. The highest BCUT2D eigenvalue weighted by atomic mass is 32.2. The second-order valence-electron chi connectivity index (χ2n) is 7.89. The number of hydrogen-bond acceptors (Lipinski definition) is 5. The summed E-state index contributed by atoms with van der Waals surface area (Å²) in [5.41, 5.74) is 4.84. The van der Waals surface area contributed by atoms with E-state index in [2.05, 4.69) is 5.10 Å². The van der Waals surface area contributed by atoms with E-state index in [0.717, 1.165) is 33.8 Å². The number of sulfone groups is 1. The lowest BCUT2D eigenvalue weighted by molar-refractivity contribution is -0.132. The van der Waals surface area contributed by atoms with Crippen LogP contribution in [0.4, 0.5) is 0 Å². The topological polar surface area (TPSA) is 81.5 Å². The van der Waals surface area contributed by atoms with Crippen molar-refractivity contribution >= 4 is 15.7 Å². The van der Waals surface area contributed by atoms with E-state index in [1.807, 2.05) is 50.6 Å². The molecule has 3 rings (SSSR count). The smallest absolute Gasteiger partial charge is 0.260 e. The van der Waals surface area contributed by atoms with Gasteiger partial charge in [0.2, 0.25) is 0 Å². The van der Waals surface area contributed by atoms with E-state index in [1.54, 1.807) is 11.9 Å². The third-order valence-electron chi connectivity index (χ3n) is 5.76. The highest BCUT2D eigenvalue weighted by Gasteiger charge is 2.31. The molecule has 158 valence electrons. The molecule has 0 aliphatic carbocycles. The summed E-state index contributed by atoms with van der Waals surface area (Å²) in [5, 5.41) is 4.57. The van der Waals surface area contributed by atoms with Gasteiger partial charge >= 0.3 is 0 Å². The molecule has 1 saturated heterocycles. The van der Waals surface area contributed by atoms with Crippen LogP contribution in [0.5, 0.6) is 5.75 Å². The molecule has 0 radical (unpaired) electrons. The van der Waals surface area contributed by atoms with Gasteiger partial charge in [-0.2, -0.15) is 5.10 Å². The van der Waals surface area contributed by atoms with E-state index in [1.165, 1.54) is 0 Å². The highest BCUT2D eigenvalue weighted by molar-refractivity contribution is 7.91. The molecular formula is C21H29N3O4S. The molecule has 0 spiro atoms. The number of aromatic nitrogens is 2. The maximum atomic E-state index is 12.6. The molecule has 1 aromatic carbocycles. The summed E-state index contributed by atoms with van der Waals surface area (Å²) >= 11 is 0. The zero-order chi connectivity index (χ0) is 21.3. The van der Waals surface area contributed by atoms with Crippen LogP contribution in [0.1, 0.15) is 40.5 Å². The van der Waals surface area contributed by atoms with E-state index in [-0.39, 0.29) is 30.1 Å². The van der Waals surface area contributed by atoms with Crippen molar-refractivity contribution in [2.45, 2.75) is 46.7 Å². The maximum Gasteiger partial charge on any atom is 0.260 e. The first-order valence-corrected chi connectivity index (χ1v) is 11.6. The molecule has 29 heavy (non-hydrogen) atoms. The normalized spacial score (nSPS) is 18.0. The summed E-state index contributed by atoms with van der Waals surface area (Å²) in [4.78, 5) is 14.2. The van der Waals surface area contributed by atoms with Crippen molar-refractivity contribution in [3.63, 3.8) is 0 Å². The Morgan fingerprint density at radius 3 is 2.66 bits per heavy atom. The molecule has 1 aromatic heterocycles. The number of ether oxygens (including phenoxy) is 1. The Morgan fingerprint density at radius 1 is 1.28 bits per heavy atom. The number of aryl methyl sites for hydroxylation is 2. The van der Waals surface area contributed by atoms with E-state index < -0.39 is 9.84 Å². The van der Waals surface area contributed by atoms with Crippen molar-refractivity contribution in [1.29, 1.82) is 0 Å². The molecule has 0 unspecified atom stereocenters. The lowest BCUT2D eigenvalue weighted by Gasteiger charge is -2.19. The Bertz CT molecular complexity index is 1030. The molecule has 0 saturated carbocycles. The molecule has 1 aliphatic rings. The van der Waals surface area contributed by atoms with Gasteiger partial charge in [-0.25, -0.2) is 8.42 Å². The van der Waals surface area contributed by atoms with Crippen LogP contribution in [0, 0.1) is 27.7 Å². The van der Waals surface area contributed by atoms with Crippen LogP contribution in [0.3, 0.4) is 0 Å². The zero-order valence-electron chi connectivity index (χ0n) is 17.7. The van der Waals surface area contributed by atoms with Gasteiger partial charge < -0.3 is 9.64 Å². The molecule has 1 amide bonds. The van der Waals surface area contributed by atoms with Gasteiger partial charge in [0, 0.05) is 24.8 Å². The van der Waals surface area contributed by atoms with Gasteiger partial charge in [0.15, 0.2) is 16.4 Å². The molecule has 1 atom stereocenters. The number of nitrogens with zero attached hydrogens (tertiary/aromatic N) is 3. The Morgan fingerprint density at radius 2 is 2.00 bits per heavy atom. The fraction of sp³-hybridized carbons (Fsp3) is 0.524. The number of likely N-dealkylation sites (N-methyl/N-ethyl adjacent to an activating group) is 1. The average molecular weight is 420 g/mol. The highest BCUT2D eigenvalue weighted by Crippen LogP contribution is 2.27. The first kappa shape index (κ1) is 21.4. The molecule has 7 nitrogen and oxygen atoms in total. The van der Waals surface area contributed by atoms with Crippen LogP contribution in [0.25, 0.3) is 0 Å². The number of amides is 1. The summed E-state index contributed by atoms with van der Waals surface area (Å²) in [6, 6.07) is 5.66. The second kappa shape index (κ2) is 8.18. The predicted molar refractivity (Wildman–Crippen MR) is 112 cm³/mol. The Hall–Kier alpha value is -2.35. The third kappa shape index (κ3) is 4.63. The Balaban J connectivity index is 1.66. The van der Waals surface area contributed by atoms with Crippen molar-refractivity contribution in [3.05, 3.63) is 46.3 Å². The van der Waals surface area contributed by atoms with Crippen molar-refractivity contribution in [2.24, 2.45) is 0 Å². The molecule has 8 heteroatoms. The minimum Gasteiger partial charge on any atom is -0.483 e. The van der Waals surface area contributed by atoms with Crippen LogP contribution in [0.15, 0.2) is 18.2 Å². The van der Waals surface area contributed by atoms with E-state index in [0.29, 0.717) is 13.0 Å². The number of rotatable bonds is 6. The molecule has 1 fully saturated rings. The average Bonchev–Trinajstić information content (AvgIpc) is 3.16. The number of carbonyl (C=O) groups is 1. The molecule has 2 aromatic rings. The van der Waals surface area contributed by atoms with Crippen molar-refractivity contribution in [3.8, 4) is 5.75 Å².